The van der Waals surface area contributed by atoms with Gasteiger partial charge in [0.05, 0.1) is 5.92 Å². The fraction of sp³-hybridized carbons (Fsp3) is 0.867. The predicted octanol–water partition coefficient (Wildman–Crippen LogP) is 3.29. The SMILES string of the molecule is CCCNC1CCCC1c1nc(CC(C)(C)C)no1. The van der Waals surface area contributed by atoms with Crippen molar-refractivity contribution in [1.29, 1.82) is 0 Å². The first-order chi connectivity index (χ1) is 8.99. The van der Waals surface area contributed by atoms with Crippen LogP contribution in [-0.4, -0.2) is 22.7 Å². The second kappa shape index (κ2) is 6.04. The van der Waals surface area contributed by atoms with Crippen molar-refractivity contribution < 1.29 is 4.52 Å². The molecule has 4 nitrogen and oxygen atoms in total. The molecule has 0 aliphatic heterocycles. The van der Waals surface area contributed by atoms with Gasteiger partial charge in [-0.3, -0.25) is 0 Å². The largest absolute Gasteiger partial charge is 0.339 e. The molecular formula is C15H27N3O. The van der Waals surface area contributed by atoms with Gasteiger partial charge >= 0.3 is 0 Å². The average molecular weight is 265 g/mol. The van der Waals surface area contributed by atoms with E-state index in [2.05, 4.69) is 43.2 Å². The van der Waals surface area contributed by atoms with Crippen LogP contribution in [-0.2, 0) is 6.42 Å². The quantitative estimate of drug-likeness (QED) is 0.887. The minimum atomic E-state index is 0.205. The number of rotatable bonds is 5. The van der Waals surface area contributed by atoms with Crippen LogP contribution in [0.15, 0.2) is 4.52 Å². The van der Waals surface area contributed by atoms with E-state index in [1.165, 1.54) is 25.7 Å². The van der Waals surface area contributed by atoms with E-state index in [9.17, 15) is 0 Å². The summed E-state index contributed by atoms with van der Waals surface area (Å²) in [7, 11) is 0. The summed E-state index contributed by atoms with van der Waals surface area (Å²) in [4.78, 5) is 4.62. The van der Waals surface area contributed by atoms with Crippen LogP contribution >= 0.6 is 0 Å². The van der Waals surface area contributed by atoms with Gasteiger partial charge in [0, 0.05) is 12.5 Å². The van der Waals surface area contributed by atoms with Crippen molar-refractivity contribution in [2.75, 3.05) is 6.54 Å². The maximum absolute atomic E-state index is 5.50. The molecule has 0 amide bonds. The molecule has 1 aliphatic rings. The minimum Gasteiger partial charge on any atom is -0.339 e. The van der Waals surface area contributed by atoms with Crippen LogP contribution in [0.1, 0.15) is 71.0 Å². The summed E-state index contributed by atoms with van der Waals surface area (Å²) < 4.78 is 5.50. The lowest BCUT2D eigenvalue weighted by atomic mass is 9.92. The lowest BCUT2D eigenvalue weighted by Gasteiger charge is -2.17. The van der Waals surface area contributed by atoms with Crippen LogP contribution in [0.4, 0.5) is 0 Å². The van der Waals surface area contributed by atoms with Gasteiger partial charge in [0.1, 0.15) is 0 Å². The molecule has 1 aromatic rings. The van der Waals surface area contributed by atoms with Gasteiger partial charge in [0.2, 0.25) is 5.89 Å². The summed E-state index contributed by atoms with van der Waals surface area (Å²) in [5.74, 6) is 2.10. The molecular weight excluding hydrogens is 238 g/mol. The van der Waals surface area contributed by atoms with Crippen molar-refractivity contribution in [3.63, 3.8) is 0 Å². The molecule has 0 radical (unpaired) electrons. The summed E-state index contributed by atoms with van der Waals surface area (Å²) in [5, 5.41) is 7.76. The Morgan fingerprint density at radius 1 is 1.32 bits per heavy atom. The highest BCUT2D eigenvalue weighted by Gasteiger charge is 2.32. The van der Waals surface area contributed by atoms with Gasteiger partial charge in [0.25, 0.3) is 0 Å². The molecule has 1 saturated carbocycles. The lowest BCUT2D eigenvalue weighted by Crippen LogP contribution is -2.31. The van der Waals surface area contributed by atoms with Crippen LogP contribution in [0.25, 0.3) is 0 Å². The molecule has 1 fully saturated rings. The Bertz CT molecular complexity index is 394. The number of nitrogens with zero attached hydrogens (tertiary/aromatic N) is 2. The number of hydrogen-bond acceptors (Lipinski definition) is 4. The van der Waals surface area contributed by atoms with Crippen LogP contribution in [0.5, 0.6) is 0 Å². The van der Waals surface area contributed by atoms with E-state index in [1.807, 2.05) is 0 Å². The molecule has 1 heterocycles. The van der Waals surface area contributed by atoms with Crippen molar-refractivity contribution in [1.82, 2.24) is 15.5 Å². The zero-order valence-corrected chi connectivity index (χ0v) is 12.7. The maximum atomic E-state index is 5.50. The van der Waals surface area contributed by atoms with E-state index in [4.69, 9.17) is 4.52 Å². The monoisotopic (exact) mass is 265 g/mol. The normalized spacial score (nSPS) is 24.0. The molecule has 0 aromatic carbocycles. The van der Waals surface area contributed by atoms with Crippen molar-refractivity contribution in [2.45, 2.75) is 71.8 Å². The standard InChI is InChI=1S/C15H27N3O/c1-5-9-16-12-8-6-7-11(12)14-17-13(18-19-14)10-15(2,3)4/h11-12,16H,5-10H2,1-4H3. The molecule has 0 bridgehead atoms. The van der Waals surface area contributed by atoms with Crippen molar-refractivity contribution in [3.8, 4) is 0 Å². The van der Waals surface area contributed by atoms with E-state index in [0.717, 1.165) is 24.7 Å². The third-order valence-electron chi connectivity index (χ3n) is 3.66. The maximum Gasteiger partial charge on any atom is 0.231 e. The van der Waals surface area contributed by atoms with Crippen LogP contribution < -0.4 is 5.32 Å². The average Bonchev–Trinajstić information content (AvgIpc) is 2.92. The van der Waals surface area contributed by atoms with Gasteiger partial charge in [-0.2, -0.15) is 4.98 Å². The summed E-state index contributed by atoms with van der Waals surface area (Å²) in [6.45, 7) is 9.87. The molecule has 1 aliphatic carbocycles. The summed E-state index contributed by atoms with van der Waals surface area (Å²) in [6, 6.07) is 0.517. The fourth-order valence-electron chi connectivity index (χ4n) is 2.79. The van der Waals surface area contributed by atoms with Gasteiger partial charge in [-0.15, -0.1) is 0 Å². The highest BCUT2D eigenvalue weighted by atomic mass is 16.5. The summed E-state index contributed by atoms with van der Waals surface area (Å²) in [6.07, 6.45) is 5.68. The van der Waals surface area contributed by atoms with E-state index >= 15 is 0 Å². The van der Waals surface area contributed by atoms with Crippen molar-refractivity contribution in [3.05, 3.63) is 11.7 Å². The second-order valence-electron chi connectivity index (χ2n) is 6.88. The smallest absolute Gasteiger partial charge is 0.231 e. The Labute approximate surface area is 116 Å². The Morgan fingerprint density at radius 3 is 2.79 bits per heavy atom. The van der Waals surface area contributed by atoms with E-state index in [0.29, 0.717) is 12.0 Å². The first-order valence-electron chi connectivity index (χ1n) is 7.55. The zero-order valence-electron chi connectivity index (χ0n) is 12.7. The number of nitrogens with one attached hydrogen (secondary N) is 1. The van der Waals surface area contributed by atoms with E-state index < -0.39 is 0 Å². The molecule has 1 N–H and O–H groups in total. The molecule has 4 heteroatoms. The fourth-order valence-corrected chi connectivity index (χ4v) is 2.79. The minimum absolute atomic E-state index is 0.205. The van der Waals surface area contributed by atoms with Gasteiger partial charge in [-0.05, 0) is 31.2 Å². The Balaban J connectivity index is 2.01. The van der Waals surface area contributed by atoms with Crippen LogP contribution in [0.2, 0.25) is 0 Å². The summed E-state index contributed by atoms with van der Waals surface area (Å²) >= 11 is 0. The summed E-state index contributed by atoms with van der Waals surface area (Å²) in [5.41, 5.74) is 0.205. The first-order valence-corrected chi connectivity index (χ1v) is 7.55. The molecule has 2 unspecified atom stereocenters. The highest BCUT2D eigenvalue weighted by Crippen LogP contribution is 2.34. The second-order valence-corrected chi connectivity index (χ2v) is 6.88. The van der Waals surface area contributed by atoms with Crippen LogP contribution in [0, 0.1) is 5.41 Å². The first kappa shape index (κ1) is 14.5. The highest BCUT2D eigenvalue weighted by molar-refractivity contribution is 5.03. The Hall–Kier alpha value is -0.900. The molecule has 108 valence electrons. The predicted molar refractivity (Wildman–Crippen MR) is 76.1 cm³/mol. The molecule has 1 aromatic heterocycles. The van der Waals surface area contributed by atoms with Crippen molar-refractivity contribution >= 4 is 0 Å². The van der Waals surface area contributed by atoms with Gasteiger partial charge in [0.15, 0.2) is 5.82 Å². The Kier molecular flexibility index (Phi) is 4.61. The van der Waals surface area contributed by atoms with Crippen molar-refractivity contribution in [2.24, 2.45) is 5.41 Å². The number of aromatic nitrogens is 2. The molecule has 2 rings (SSSR count). The molecule has 0 saturated heterocycles. The molecule has 2 atom stereocenters. The topological polar surface area (TPSA) is 51.0 Å². The molecule has 19 heavy (non-hydrogen) atoms. The zero-order chi connectivity index (χ0) is 13.9. The third kappa shape index (κ3) is 4.03. The van der Waals surface area contributed by atoms with Gasteiger partial charge in [-0.25, -0.2) is 0 Å². The van der Waals surface area contributed by atoms with E-state index in [1.54, 1.807) is 0 Å². The lowest BCUT2D eigenvalue weighted by molar-refractivity contribution is 0.322. The molecule has 0 spiro atoms. The Morgan fingerprint density at radius 2 is 2.11 bits per heavy atom. The van der Waals surface area contributed by atoms with Gasteiger partial charge < -0.3 is 9.84 Å². The van der Waals surface area contributed by atoms with Crippen LogP contribution in [0.3, 0.4) is 0 Å². The van der Waals surface area contributed by atoms with Gasteiger partial charge in [-0.1, -0.05) is 39.3 Å². The van der Waals surface area contributed by atoms with E-state index in [-0.39, 0.29) is 5.41 Å². The third-order valence-corrected chi connectivity index (χ3v) is 3.66. The number of hydrogen-bond donors (Lipinski definition) is 1.